The predicted molar refractivity (Wildman–Crippen MR) is 97.4 cm³/mol. The molecule has 2 nitrogen and oxygen atoms in total. The highest BCUT2D eigenvalue weighted by molar-refractivity contribution is 6.33. The van der Waals surface area contributed by atoms with Gasteiger partial charge in [0.2, 0.25) is 0 Å². The highest BCUT2D eigenvalue weighted by Gasteiger charge is 2.26. The fraction of sp³-hybridized carbons (Fsp3) is 0.200. The molecular weight excluding hydrogens is 306 g/mol. The van der Waals surface area contributed by atoms with Gasteiger partial charge >= 0.3 is 0 Å². The number of ether oxygens (including phenoxy) is 1. The molecule has 0 N–H and O–H groups in total. The van der Waals surface area contributed by atoms with Crippen molar-refractivity contribution in [3.63, 3.8) is 0 Å². The molecule has 3 heteroatoms. The minimum atomic E-state index is 0.780. The van der Waals surface area contributed by atoms with E-state index in [2.05, 4.69) is 48.2 Å². The fourth-order valence-electron chi connectivity index (χ4n) is 3.43. The van der Waals surface area contributed by atoms with E-state index in [9.17, 15) is 0 Å². The Morgan fingerprint density at radius 1 is 1.00 bits per heavy atom. The van der Waals surface area contributed by atoms with E-state index in [0.717, 1.165) is 29.4 Å². The first kappa shape index (κ1) is 14.4. The summed E-state index contributed by atoms with van der Waals surface area (Å²) in [5.41, 5.74) is 4.73. The van der Waals surface area contributed by atoms with Crippen LogP contribution in [0.25, 0.3) is 10.8 Å². The van der Waals surface area contributed by atoms with Crippen LogP contribution in [0.3, 0.4) is 0 Å². The van der Waals surface area contributed by atoms with E-state index in [1.807, 2.05) is 12.1 Å². The van der Waals surface area contributed by atoms with E-state index < -0.39 is 0 Å². The summed E-state index contributed by atoms with van der Waals surface area (Å²) in [4.78, 5) is 2.29. The van der Waals surface area contributed by atoms with Gasteiger partial charge in [0.15, 0.2) is 0 Å². The molecule has 0 aliphatic carbocycles. The molecule has 3 aromatic rings. The number of halogens is 1. The number of rotatable bonds is 2. The van der Waals surface area contributed by atoms with Crippen molar-refractivity contribution in [1.29, 1.82) is 0 Å². The van der Waals surface area contributed by atoms with Gasteiger partial charge in [0, 0.05) is 17.8 Å². The Morgan fingerprint density at radius 3 is 2.65 bits per heavy atom. The molecule has 0 unspecified atom stereocenters. The van der Waals surface area contributed by atoms with E-state index in [1.165, 1.54) is 27.6 Å². The number of hydrogen-bond acceptors (Lipinski definition) is 2. The molecule has 4 rings (SSSR count). The van der Waals surface area contributed by atoms with Crippen LogP contribution in [0.15, 0.2) is 48.5 Å². The Bertz CT molecular complexity index is 904. The normalized spacial score (nSPS) is 13.4. The van der Waals surface area contributed by atoms with E-state index in [0.29, 0.717) is 0 Å². The molecule has 0 saturated heterocycles. The van der Waals surface area contributed by atoms with Gasteiger partial charge in [0.25, 0.3) is 0 Å². The second kappa shape index (κ2) is 5.47. The maximum absolute atomic E-state index is 6.49. The zero-order chi connectivity index (χ0) is 16.0. The fourth-order valence-corrected chi connectivity index (χ4v) is 3.71. The molecule has 0 radical (unpaired) electrons. The molecule has 0 fully saturated rings. The van der Waals surface area contributed by atoms with E-state index >= 15 is 0 Å². The molecule has 1 aliphatic heterocycles. The van der Waals surface area contributed by atoms with Gasteiger partial charge in [-0.25, -0.2) is 0 Å². The summed E-state index contributed by atoms with van der Waals surface area (Å²) in [6.45, 7) is 3.05. The van der Waals surface area contributed by atoms with Crippen LogP contribution in [0.5, 0.6) is 5.75 Å². The van der Waals surface area contributed by atoms with Crippen LogP contribution < -0.4 is 9.64 Å². The van der Waals surface area contributed by atoms with Crippen molar-refractivity contribution in [2.75, 3.05) is 18.6 Å². The first-order valence-electron chi connectivity index (χ1n) is 7.81. The average molecular weight is 324 g/mol. The predicted octanol–water partition coefficient (Wildman–Crippen LogP) is 5.50. The van der Waals surface area contributed by atoms with Crippen LogP contribution in [0.2, 0.25) is 5.02 Å². The van der Waals surface area contributed by atoms with E-state index in [-0.39, 0.29) is 0 Å². The lowest BCUT2D eigenvalue weighted by Gasteiger charge is -2.21. The minimum Gasteiger partial charge on any atom is -0.496 e. The van der Waals surface area contributed by atoms with Gasteiger partial charge in [-0.3, -0.25) is 0 Å². The van der Waals surface area contributed by atoms with Crippen molar-refractivity contribution >= 4 is 33.7 Å². The summed E-state index contributed by atoms with van der Waals surface area (Å²) < 4.78 is 5.50. The summed E-state index contributed by atoms with van der Waals surface area (Å²) in [6.07, 6.45) is 0.949. The first-order chi connectivity index (χ1) is 11.2. The van der Waals surface area contributed by atoms with Crippen LogP contribution in [0.1, 0.15) is 11.1 Å². The number of nitrogens with zero attached hydrogens (tertiary/aromatic N) is 1. The molecule has 0 atom stereocenters. The topological polar surface area (TPSA) is 12.5 Å². The molecule has 0 spiro atoms. The van der Waals surface area contributed by atoms with Gasteiger partial charge in [-0.05, 0) is 48.4 Å². The molecule has 1 heterocycles. The SMILES string of the molecule is COc1ccc(Cl)c2c1CCN2c1ccc2ccc(C)cc2c1. The van der Waals surface area contributed by atoms with Gasteiger partial charge in [0.1, 0.15) is 5.75 Å². The Morgan fingerprint density at radius 2 is 1.83 bits per heavy atom. The van der Waals surface area contributed by atoms with Gasteiger partial charge in [0.05, 0.1) is 17.8 Å². The highest BCUT2D eigenvalue weighted by Crippen LogP contribution is 2.44. The summed E-state index contributed by atoms with van der Waals surface area (Å²) >= 11 is 6.49. The zero-order valence-corrected chi connectivity index (χ0v) is 14.0. The Hall–Kier alpha value is -2.19. The largest absolute Gasteiger partial charge is 0.496 e. The zero-order valence-electron chi connectivity index (χ0n) is 13.3. The third kappa shape index (κ3) is 2.34. The van der Waals surface area contributed by atoms with Crippen molar-refractivity contribution in [1.82, 2.24) is 0 Å². The van der Waals surface area contributed by atoms with Gasteiger partial charge in [-0.1, -0.05) is 41.4 Å². The Labute approximate surface area is 141 Å². The van der Waals surface area contributed by atoms with Crippen LogP contribution in [0, 0.1) is 6.92 Å². The quantitative estimate of drug-likeness (QED) is 0.617. The molecule has 3 aromatic carbocycles. The summed E-state index contributed by atoms with van der Waals surface area (Å²) in [7, 11) is 1.71. The number of fused-ring (bicyclic) bond motifs is 2. The van der Waals surface area contributed by atoms with Gasteiger partial charge < -0.3 is 9.64 Å². The van der Waals surface area contributed by atoms with Crippen molar-refractivity contribution < 1.29 is 4.74 Å². The summed E-state index contributed by atoms with van der Waals surface area (Å²) in [6, 6.07) is 17.0. The monoisotopic (exact) mass is 323 g/mol. The molecule has 1 aliphatic rings. The summed E-state index contributed by atoms with van der Waals surface area (Å²) in [5, 5.41) is 3.30. The van der Waals surface area contributed by atoms with Crippen molar-refractivity contribution in [2.24, 2.45) is 0 Å². The second-order valence-electron chi connectivity index (χ2n) is 6.01. The second-order valence-corrected chi connectivity index (χ2v) is 6.42. The number of hydrogen-bond donors (Lipinski definition) is 0. The number of aryl methyl sites for hydroxylation is 1. The standard InChI is InChI=1S/C20H18ClNO/c1-13-3-4-14-5-6-16(12-15(14)11-13)22-10-9-17-19(23-2)8-7-18(21)20(17)22/h3-8,11-12H,9-10H2,1-2H3. The van der Waals surface area contributed by atoms with Crippen LogP contribution in [0.4, 0.5) is 11.4 Å². The smallest absolute Gasteiger partial charge is 0.124 e. The average Bonchev–Trinajstić information content (AvgIpc) is 3.00. The van der Waals surface area contributed by atoms with E-state index in [1.54, 1.807) is 7.11 Å². The highest BCUT2D eigenvalue weighted by atomic mass is 35.5. The molecule has 116 valence electrons. The lowest BCUT2D eigenvalue weighted by molar-refractivity contribution is 0.411. The molecule has 23 heavy (non-hydrogen) atoms. The van der Waals surface area contributed by atoms with E-state index in [4.69, 9.17) is 16.3 Å². The molecule has 0 saturated carbocycles. The number of methoxy groups -OCH3 is 1. The third-order valence-electron chi connectivity index (χ3n) is 4.56. The first-order valence-corrected chi connectivity index (χ1v) is 8.18. The lowest BCUT2D eigenvalue weighted by Crippen LogP contribution is -2.13. The van der Waals surface area contributed by atoms with Crippen LogP contribution >= 0.6 is 11.6 Å². The van der Waals surface area contributed by atoms with Gasteiger partial charge in [-0.2, -0.15) is 0 Å². The maximum atomic E-state index is 6.49. The summed E-state index contributed by atoms with van der Waals surface area (Å²) in [5.74, 6) is 0.920. The molecular formula is C20H18ClNO. The molecule has 0 aromatic heterocycles. The maximum Gasteiger partial charge on any atom is 0.124 e. The van der Waals surface area contributed by atoms with Crippen LogP contribution in [-0.4, -0.2) is 13.7 Å². The number of anilines is 2. The van der Waals surface area contributed by atoms with Gasteiger partial charge in [-0.15, -0.1) is 0 Å². The Balaban J connectivity index is 1.85. The van der Waals surface area contributed by atoms with Crippen molar-refractivity contribution in [3.8, 4) is 5.75 Å². The lowest BCUT2D eigenvalue weighted by atomic mass is 10.1. The minimum absolute atomic E-state index is 0.780. The number of benzene rings is 3. The Kier molecular flexibility index (Phi) is 3.42. The molecule has 0 amide bonds. The van der Waals surface area contributed by atoms with Crippen LogP contribution in [-0.2, 0) is 6.42 Å². The van der Waals surface area contributed by atoms with Crippen molar-refractivity contribution in [3.05, 3.63) is 64.7 Å². The third-order valence-corrected chi connectivity index (χ3v) is 4.86. The van der Waals surface area contributed by atoms with Crippen molar-refractivity contribution in [2.45, 2.75) is 13.3 Å². The molecule has 0 bridgehead atoms.